The van der Waals surface area contributed by atoms with Gasteiger partial charge in [-0.2, -0.15) is 0 Å². The third-order valence-electron chi connectivity index (χ3n) is 4.83. The van der Waals surface area contributed by atoms with Gasteiger partial charge in [-0.3, -0.25) is 9.59 Å². The first-order valence-corrected chi connectivity index (χ1v) is 9.85. The topological polar surface area (TPSA) is 62.3 Å². The van der Waals surface area contributed by atoms with E-state index in [-0.39, 0.29) is 24.2 Å². The molecule has 1 aromatic heterocycles. The Kier molecular flexibility index (Phi) is 4.90. The monoisotopic (exact) mass is 379 g/mol. The van der Waals surface area contributed by atoms with Crippen LogP contribution in [0.2, 0.25) is 0 Å². The van der Waals surface area contributed by atoms with Gasteiger partial charge in [0, 0.05) is 19.5 Å². The molecular formula is C21H21N3O2S. The lowest BCUT2D eigenvalue weighted by atomic mass is 10.1. The fourth-order valence-corrected chi connectivity index (χ4v) is 4.22. The number of aryl methyl sites for hydroxylation is 1. The quantitative estimate of drug-likeness (QED) is 0.740. The van der Waals surface area contributed by atoms with Crippen LogP contribution in [-0.2, 0) is 22.7 Å². The second-order valence-corrected chi connectivity index (χ2v) is 8.07. The second kappa shape index (κ2) is 7.48. The summed E-state index contributed by atoms with van der Waals surface area (Å²) in [6.45, 7) is 3.47. The van der Waals surface area contributed by atoms with E-state index in [1.54, 1.807) is 16.2 Å². The zero-order valence-electron chi connectivity index (χ0n) is 15.1. The SMILES string of the molecule is Cc1ccc(CN2CC(C(=O)NCc3nc4ccccc4s3)CC2=O)cc1. The summed E-state index contributed by atoms with van der Waals surface area (Å²) in [4.78, 5) is 31.1. The summed E-state index contributed by atoms with van der Waals surface area (Å²) in [5.41, 5.74) is 3.23. The van der Waals surface area contributed by atoms with E-state index < -0.39 is 0 Å². The maximum absolute atomic E-state index is 12.5. The number of hydrogen-bond donors (Lipinski definition) is 1. The summed E-state index contributed by atoms with van der Waals surface area (Å²) >= 11 is 1.58. The Bertz CT molecular complexity index is 948. The third-order valence-corrected chi connectivity index (χ3v) is 5.87. The van der Waals surface area contributed by atoms with Crippen molar-refractivity contribution in [2.24, 2.45) is 5.92 Å². The number of thiazole rings is 1. The molecule has 0 saturated carbocycles. The number of para-hydroxylation sites is 1. The van der Waals surface area contributed by atoms with Gasteiger partial charge in [-0.15, -0.1) is 11.3 Å². The molecule has 2 heterocycles. The summed E-state index contributed by atoms with van der Waals surface area (Å²) in [5, 5.41) is 3.82. The summed E-state index contributed by atoms with van der Waals surface area (Å²) < 4.78 is 1.11. The van der Waals surface area contributed by atoms with Crippen LogP contribution in [0.1, 0.15) is 22.6 Å². The van der Waals surface area contributed by atoms with Crippen molar-refractivity contribution in [1.82, 2.24) is 15.2 Å². The Morgan fingerprint density at radius 2 is 2.00 bits per heavy atom. The highest BCUT2D eigenvalue weighted by Crippen LogP contribution is 2.23. The number of nitrogens with zero attached hydrogens (tertiary/aromatic N) is 2. The fraction of sp³-hybridized carbons (Fsp3) is 0.286. The maximum Gasteiger partial charge on any atom is 0.225 e. The molecule has 1 saturated heterocycles. The first-order valence-electron chi connectivity index (χ1n) is 9.04. The minimum Gasteiger partial charge on any atom is -0.349 e. The number of benzene rings is 2. The minimum absolute atomic E-state index is 0.0377. The average Bonchev–Trinajstić information content (AvgIpc) is 3.25. The number of carbonyl (C=O) groups excluding carboxylic acids is 2. The van der Waals surface area contributed by atoms with Gasteiger partial charge in [0.1, 0.15) is 5.01 Å². The standard InChI is InChI=1S/C21H21N3O2S/c1-14-6-8-15(9-7-14)12-24-13-16(10-20(24)25)21(26)22-11-19-23-17-4-2-3-5-18(17)27-19/h2-9,16H,10-13H2,1H3,(H,22,26). The molecule has 0 spiro atoms. The molecule has 27 heavy (non-hydrogen) atoms. The van der Waals surface area contributed by atoms with E-state index in [0.29, 0.717) is 19.6 Å². The molecule has 1 fully saturated rings. The zero-order valence-corrected chi connectivity index (χ0v) is 16.0. The van der Waals surface area contributed by atoms with E-state index in [4.69, 9.17) is 0 Å². The van der Waals surface area contributed by atoms with Crippen LogP contribution < -0.4 is 5.32 Å². The number of likely N-dealkylation sites (tertiary alicyclic amines) is 1. The lowest BCUT2D eigenvalue weighted by molar-refractivity contribution is -0.129. The maximum atomic E-state index is 12.5. The molecule has 1 aliphatic rings. The Hall–Kier alpha value is -2.73. The molecule has 1 atom stereocenters. The molecule has 3 aromatic rings. The predicted octanol–water partition coefficient (Wildman–Crippen LogP) is 3.27. The summed E-state index contributed by atoms with van der Waals surface area (Å²) in [6.07, 6.45) is 0.275. The number of amides is 2. The van der Waals surface area contributed by atoms with Gasteiger partial charge in [-0.05, 0) is 24.6 Å². The van der Waals surface area contributed by atoms with Crippen LogP contribution in [0.5, 0.6) is 0 Å². The van der Waals surface area contributed by atoms with Crippen molar-refractivity contribution in [3.63, 3.8) is 0 Å². The summed E-state index contributed by atoms with van der Waals surface area (Å²) in [5.74, 6) is -0.331. The highest BCUT2D eigenvalue weighted by atomic mass is 32.1. The summed E-state index contributed by atoms with van der Waals surface area (Å²) in [7, 11) is 0. The molecule has 138 valence electrons. The number of fused-ring (bicyclic) bond motifs is 1. The minimum atomic E-state index is -0.294. The molecule has 6 heteroatoms. The van der Waals surface area contributed by atoms with E-state index in [2.05, 4.69) is 10.3 Å². The Morgan fingerprint density at radius 3 is 2.78 bits per heavy atom. The van der Waals surface area contributed by atoms with E-state index in [0.717, 1.165) is 20.8 Å². The highest BCUT2D eigenvalue weighted by Gasteiger charge is 2.34. The molecule has 0 bridgehead atoms. The van der Waals surface area contributed by atoms with Gasteiger partial charge in [0.15, 0.2) is 0 Å². The lowest BCUT2D eigenvalue weighted by Crippen LogP contribution is -2.32. The molecular weight excluding hydrogens is 358 g/mol. The lowest BCUT2D eigenvalue weighted by Gasteiger charge is -2.16. The van der Waals surface area contributed by atoms with Crippen molar-refractivity contribution in [3.8, 4) is 0 Å². The predicted molar refractivity (Wildman–Crippen MR) is 106 cm³/mol. The van der Waals surface area contributed by atoms with Gasteiger partial charge in [0.2, 0.25) is 11.8 Å². The van der Waals surface area contributed by atoms with Crippen molar-refractivity contribution in [2.45, 2.75) is 26.4 Å². The van der Waals surface area contributed by atoms with Crippen LogP contribution in [0.15, 0.2) is 48.5 Å². The van der Waals surface area contributed by atoms with Gasteiger partial charge < -0.3 is 10.2 Å². The van der Waals surface area contributed by atoms with Crippen LogP contribution in [0.4, 0.5) is 0 Å². The van der Waals surface area contributed by atoms with Crippen molar-refractivity contribution in [3.05, 3.63) is 64.7 Å². The van der Waals surface area contributed by atoms with Crippen LogP contribution in [0.25, 0.3) is 10.2 Å². The zero-order chi connectivity index (χ0) is 18.8. The Labute approximate surface area is 162 Å². The van der Waals surface area contributed by atoms with Crippen LogP contribution >= 0.6 is 11.3 Å². The molecule has 2 aromatic carbocycles. The van der Waals surface area contributed by atoms with E-state index >= 15 is 0 Å². The van der Waals surface area contributed by atoms with E-state index in [9.17, 15) is 9.59 Å². The smallest absolute Gasteiger partial charge is 0.225 e. The van der Waals surface area contributed by atoms with Crippen LogP contribution in [-0.4, -0.2) is 28.2 Å². The average molecular weight is 379 g/mol. The normalized spacial score (nSPS) is 16.9. The van der Waals surface area contributed by atoms with Gasteiger partial charge in [-0.25, -0.2) is 4.98 Å². The molecule has 1 aliphatic heterocycles. The molecule has 2 amide bonds. The van der Waals surface area contributed by atoms with Crippen molar-refractivity contribution in [2.75, 3.05) is 6.54 Å². The van der Waals surface area contributed by atoms with Crippen molar-refractivity contribution in [1.29, 1.82) is 0 Å². The molecule has 1 unspecified atom stereocenters. The van der Waals surface area contributed by atoms with Crippen LogP contribution in [0.3, 0.4) is 0 Å². The van der Waals surface area contributed by atoms with Gasteiger partial charge >= 0.3 is 0 Å². The first kappa shape index (κ1) is 17.7. The van der Waals surface area contributed by atoms with Gasteiger partial charge in [-0.1, -0.05) is 42.0 Å². The fourth-order valence-electron chi connectivity index (χ4n) is 3.32. The third kappa shape index (κ3) is 4.01. The summed E-state index contributed by atoms with van der Waals surface area (Å²) in [6, 6.07) is 16.1. The number of carbonyl (C=O) groups is 2. The van der Waals surface area contributed by atoms with Gasteiger partial charge in [0.05, 0.1) is 22.7 Å². The first-order chi connectivity index (χ1) is 13.1. The Balaban J connectivity index is 1.33. The number of hydrogen-bond acceptors (Lipinski definition) is 4. The number of aromatic nitrogens is 1. The van der Waals surface area contributed by atoms with Crippen LogP contribution in [0, 0.1) is 12.8 Å². The molecule has 1 N–H and O–H groups in total. The second-order valence-electron chi connectivity index (χ2n) is 6.95. The molecule has 0 aliphatic carbocycles. The largest absolute Gasteiger partial charge is 0.349 e. The molecule has 4 rings (SSSR count). The van der Waals surface area contributed by atoms with Crippen molar-refractivity contribution < 1.29 is 9.59 Å². The molecule has 5 nitrogen and oxygen atoms in total. The molecule has 0 radical (unpaired) electrons. The highest BCUT2D eigenvalue weighted by molar-refractivity contribution is 7.18. The number of rotatable bonds is 5. The Morgan fingerprint density at radius 1 is 1.22 bits per heavy atom. The van der Waals surface area contributed by atoms with Gasteiger partial charge in [0.25, 0.3) is 0 Å². The van der Waals surface area contributed by atoms with E-state index in [1.165, 1.54) is 5.56 Å². The number of nitrogens with one attached hydrogen (secondary N) is 1. The van der Waals surface area contributed by atoms with E-state index in [1.807, 2.05) is 55.5 Å². The van der Waals surface area contributed by atoms with Crippen molar-refractivity contribution >= 4 is 33.4 Å².